The summed E-state index contributed by atoms with van der Waals surface area (Å²) in [5.41, 5.74) is 0. The Balaban J connectivity index is 1.48. The van der Waals surface area contributed by atoms with Crippen molar-refractivity contribution in [3.63, 3.8) is 0 Å². The van der Waals surface area contributed by atoms with Crippen molar-refractivity contribution >= 4 is 76.3 Å². The lowest BCUT2D eigenvalue weighted by atomic mass is 10.0. The minimum absolute atomic E-state index is 0.739. The molecule has 2 saturated heterocycles. The summed E-state index contributed by atoms with van der Waals surface area (Å²) in [7, 11) is 7.62. The molecule has 1 unspecified atom stereocenters. The molecule has 0 aromatic carbocycles. The third-order valence-corrected chi connectivity index (χ3v) is 13.8. The molecular weight excluding hydrogens is 589 g/mol. The van der Waals surface area contributed by atoms with Crippen LogP contribution < -0.4 is 0 Å². The van der Waals surface area contributed by atoms with Crippen LogP contribution in [-0.2, 0) is 9.47 Å². The zero-order valence-electron chi connectivity index (χ0n) is 23.7. The van der Waals surface area contributed by atoms with Gasteiger partial charge in [0.05, 0.1) is 26.4 Å². The normalized spacial score (nSPS) is 17.1. The molecular formula is C28H52N2O2S6. The predicted octanol–water partition coefficient (Wildman–Crippen LogP) is 9.22. The summed E-state index contributed by atoms with van der Waals surface area (Å²) < 4.78 is 13.0. The molecule has 0 radical (unpaired) electrons. The number of nitrogens with zero attached hydrogens (tertiary/aromatic N) is 2. The first-order valence-corrected chi connectivity index (χ1v) is 20.4. The van der Waals surface area contributed by atoms with E-state index in [0.717, 1.165) is 66.5 Å². The topological polar surface area (TPSA) is 24.9 Å². The Hall–Kier alpha value is 1.10. The highest BCUT2D eigenvalue weighted by atomic mass is 33.1. The molecule has 38 heavy (non-hydrogen) atoms. The van der Waals surface area contributed by atoms with Crippen molar-refractivity contribution in [1.82, 2.24) is 9.80 Å². The molecule has 10 heteroatoms. The van der Waals surface area contributed by atoms with Gasteiger partial charge in [-0.1, -0.05) is 130 Å². The minimum Gasteiger partial charge on any atom is -0.378 e. The molecule has 0 aliphatic carbocycles. The highest BCUT2D eigenvalue weighted by Gasteiger charge is 2.17. The molecule has 2 aliphatic heterocycles. The van der Waals surface area contributed by atoms with Crippen LogP contribution in [0.3, 0.4) is 0 Å². The van der Waals surface area contributed by atoms with E-state index in [1.165, 1.54) is 102 Å². The average molecular weight is 641 g/mol. The van der Waals surface area contributed by atoms with Crippen molar-refractivity contribution in [3.05, 3.63) is 0 Å². The van der Waals surface area contributed by atoms with Crippen LogP contribution in [0.25, 0.3) is 0 Å². The van der Waals surface area contributed by atoms with Gasteiger partial charge in [-0.25, -0.2) is 0 Å². The maximum Gasteiger partial charge on any atom is 0.147 e. The van der Waals surface area contributed by atoms with Gasteiger partial charge < -0.3 is 19.3 Å². The molecule has 0 aromatic heterocycles. The molecule has 2 heterocycles. The van der Waals surface area contributed by atoms with Crippen LogP contribution in [0.15, 0.2) is 0 Å². The monoisotopic (exact) mass is 640 g/mol. The maximum atomic E-state index is 5.74. The molecule has 0 bridgehead atoms. The van der Waals surface area contributed by atoms with E-state index in [9.17, 15) is 0 Å². The van der Waals surface area contributed by atoms with Crippen LogP contribution in [-0.4, -0.2) is 82.1 Å². The van der Waals surface area contributed by atoms with Gasteiger partial charge in [-0.2, -0.15) is 0 Å². The quantitative estimate of drug-likeness (QED) is 0.0727. The summed E-state index contributed by atoms with van der Waals surface area (Å²) in [5.74, 6) is 1.20. The number of rotatable bonds is 20. The van der Waals surface area contributed by atoms with Crippen LogP contribution in [0.1, 0.15) is 103 Å². The van der Waals surface area contributed by atoms with Crippen molar-refractivity contribution in [1.29, 1.82) is 0 Å². The summed E-state index contributed by atoms with van der Waals surface area (Å²) in [5, 5.41) is 0.739. The zero-order valence-corrected chi connectivity index (χ0v) is 28.6. The molecule has 2 aliphatic rings. The fraction of sp³-hybridized carbons (Fsp3) is 0.929. The largest absolute Gasteiger partial charge is 0.378 e. The lowest BCUT2D eigenvalue weighted by Gasteiger charge is -2.29. The van der Waals surface area contributed by atoms with Crippen LogP contribution >= 0.6 is 67.6 Å². The molecule has 0 saturated carbocycles. The van der Waals surface area contributed by atoms with Gasteiger partial charge in [0, 0.05) is 37.2 Å². The fourth-order valence-corrected chi connectivity index (χ4v) is 10.4. The molecule has 0 spiro atoms. The fourth-order valence-electron chi connectivity index (χ4n) is 4.61. The SMILES string of the molecule is CCCCCCCCC(CCCCCCCCCSSC(=S)N1CCOCC1)SSC(=S)N1CCOCC1. The highest BCUT2D eigenvalue weighted by Crippen LogP contribution is 2.35. The number of hydrogen-bond donors (Lipinski definition) is 0. The van der Waals surface area contributed by atoms with Crippen LogP contribution in [0.2, 0.25) is 0 Å². The first-order chi connectivity index (χ1) is 18.7. The Labute approximate surface area is 260 Å². The van der Waals surface area contributed by atoms with E-state index >= 15 is 0 Å². The van der Waals surface area contributed by atoms with E-state index in [1.54, 1.807) is 10.8 Å². The standard InChI is InChI=1S/C28H52N2O2S6/c1-2-3-4-5-9-12-15-26(36-38-28(34)30-19-23-32-24-20-30)16-13-10-7-6-8-11-14-25-35-37-27(33)29-17-21-31-22-18-29/h26H,2-25H2,1H3. The van der Waals surface area contributed by atoms with E-state index in [-0.39, 0.29) is 0 Å². The molecule has 222 valence electrons. The smallest absolute Gasteiger partial charge is 0.147 e. The maximum absolute atomic E-state index is 5.74. The second kappa shape index (κ2) is 24.7. The van der Waals surface area contributed by atoms with E-state index in [4.69, 9.17) is 33.9 Å². The number of unbranched alkanes of at least 4 members (excludes halogenated alkanes) is 11. The van der Waals surface area contributed by atoms with Crippen molar-refractivity contribution in [3.8, 4) is 0 Å². The van der Waals surface area contributed by atoms with Crippen LogP contribution in [0.4, 0.5) is 0 Å². The van der Waals surface area contributed by atoms with Crippen molar-refractivity contribution in [2.45, 2.75) is 108 Å². The molecule has 0 amide bonds. The molecule has 1 atom stereocenters. The molecule has 4 nitrogen and oxygen atoms in total. The van der Waals surface area contributed by atoms with Gasteiger partial charge in [-0.05, 0) is 40.9 Å². The van der Waals surface area contributed by atoms with E-state index < -0.39 is 0 Å². The molecule has 2 fully saturated rings. The lowest BCUT2D eigenvalue weighted by Crippen LogP contribution is -2.38. The number of hydrogen-bond acceptors (Lipinski definition) is 8. The second-order valence-corrected chi connectivity index (χ2v) is 16.4. The third kappa shape index (κ3) is 17.8. The van der Waals surface area contributed by atoms with Gasteiger partial charge in [0.2, 0.25) is 0 Å². The highest BCUT2D eigenvalue weighted by molar-refractivity contribution is 8.84. The summed E-state index contributed by atoms with van der Waals surface area (Å²) in [6, 6.07) is 0. The number of ether oxygens (including phenoxy) is 2. The Bertz CT molecular complexity index is 604. The van der Waals surface area contributed by atoms with Crippen molar-refractivity contribution in [2.75, 3.05) is 58.4 Å². The van der Waals surface area contributed by atoms with Gasteiger partial charge >= 0.3 is 0 Å². The molecule has 0 aromatic rings. The van der Waals surface area contributed by atoms with Crippen LogP contribution in [0.5, 0.6) is 0 Å². The van der Waals surface area contributed by atoms with Crippen LogP contribution in [0, 0.1) is 0 Å². The number of morpholine rings is 2. The summed E-state index contributed by atoms with van der Waals surface area (Å²) in [6.45, 7) is 9.35. The number of thiocarbonyl (C=S) groups is 2. The second-order valence-electron chi connectivity index (χ2n) is 10.3. The lowest BCUT2D eigenvalue weighted by molar-refractivity contribution is 0.0702. The Morgan fingerprint density at radius 3 is 1.61 bits per heavy atom. The first kappa shape index (κ1) is 35.3. The van der Waals surface area contributed by atoms with E-state index in [0.29, 0.717) is 0 Å². The van der Waals surface area contributed by atoms with Gasteiger partial charge in [0.25, 0.3) is 0 Å². The van der Waals surface area contributed by atoms with Gasteiger partial charge in [-0.15, -0.1) is 0 Å². The van der Waals surface area contributed by atoms with Gasteiger partial charge in [0.15, 0.2) is 0 Å². The summed E-state index contributed by atoms with van der Waals surface area (Å²) in [4.78, 5) is 4.61. The Morgan fingerprint density at radius 1 is 0.632 bits per heavy atom. The van der Waals surface area contributed by atoms with E-state index in [1.807, 2.05) is 21.6 Å². The van der Waals surface area contributed by atoms with Gasteiger partial charge in [0.1, 0.15) is 8.64 Å². The van der Waals surface area contributed by atoms with E-state index in [2.05, 4.69) is 27.5 Å². The minimum atomic E-state index is 0.739. The van der Waals surface area contributed by atoms with Gasteiger partial charge in [-0.3, -0.25) is 0 Å². The van der Waals surface area contributed by atoms with Crippen molar-refractivity contribution in [2.24, 2.45) is 0 Å². The van der Waals surface area contributed by atoms with Crippen molar-refractivity contribution < 1.29 is 9.47 Å². The third-order valence-electron chi connectivity index (χ3n) is 7.06. The molecule has 2 rings (SSSR count). The first-order valence-electron chi connectivity index (χ1n) is 15.1. The predicted molar refractivity (Wildman–Crippen MR) is 184 cm³/mol. The Morgan fingerprint density at radius 2 is 1.08 bits per heavy atom. The molecule has 0 N–H and O–H groups in total. The summed E-state index contributed by atoms with van der Waals surface area (Å²) >= 11 is 11.3. The Kier molecular flexibility index (Phi) is 22.9. The zero-order chi connectivity index (χ0) is 27.1. The average Bonchev–Trinajstić information content (AvgIpc) is 2.96. The summed E-state index contributed by atoms with van der Waals surface area (Å²) in [6.07, 6.45) is 20.5.